The molecule has 1 aliphatic rings. The highest BCUT2D eigenvalue weighted by Crippen LogP contribution is 2.14. The third-order valence-corrected chi connectivity index (χ3v) is 6.09. The summed E-state index contributed by atoms with van der Waals surface area (Å²) in [5, 5.41) is 0. The van der Waals surface area contributed by atoms with Gasteiger partial charge in [0.1, 0.15) is 0 Å². The van der Waals surface area contributed by atoms with Gasteiger partial charge in [0.05, 0.1) is 11.4 Å². The van der Waals surface area contributed by atoms with Crippen molar-refractivity contribution < 1.29 is 13.2 Å². The Morgan fingerprint density at radius 2 is 1.65 bits per heavy atom. The zero-order valence-electron chi connectivity index (χ0n) is 14.5. The first-order chi connectivity index (χ1) is 12.5. The van der Waals surface area contributed by atoms with E-state index in [1.54, 1.807) is 41.6 Å². The van der Waals surface area contributed by atoms with Gasteiger partial charge in [-0.05, 0) is 18.2 Å². The summed E-state index contributed by atoms with van der Waals surface area (Å²) in [6.07, 6.45) is 3.37. The summed E-state index contributed by atoms with van der Waals surface area (Å²) < 4.78 is 26.1. The Balaban J connectivity index is 1.57. The molecule has 1 aromatic carbocycles. The highest BCUT2D eigenvalue weighted by atomic mass is 32.2. The van der Waals surface area contributed by atoms with Crippen LogP contribution in [0.4, 0.5) is 5.95 Å². The first-order valence-electron chi connectivity index (χ1n) is 8.29. The van der Waals surface area contributed by atoms with Crippen LogP contribution in [0.5, 0.6) is 0 Å². The lowest BCUT2D eigenvalue weighted by atomic mass is 10.3. The van der Waals surface area contributed by atoms with Gasteiger partial charge in [0, 0.05) is 45.6 Å². The summed E-state index contributed by atoms with van der Waals surface area (Å²) in [6, 6.07) is 9.87. The third kappa shape index (κ3) is 4.00. The van der Waals surface area contributed by atoms with Crippen molar-refractivity contribution in [3.8, 4) is 0 Å². The Morgan fingerprint density at radius 1 is 1.04 bits per heavy atom. The van der Waals surface area contributed by atoms with Crippen molar-refractivity contribution in [1.82, 2.24) is 19.2 Å². The average Bonchev–Trinajstić information content (AvgIpc) is 2.69. The number of nitrogens with zero attached hydrogens (tertiary/aromatic N) is 5. The molecular formula is C17H21N5O3S. The summed E-state index contributed by atoms with van der Waals surface area (Å²) in [7, 11) is -2.25. The normalized spacial score (nSPS) is 15.3. The molecule has 1 amide bonds. The van der Waals surface area contributed by atoms with E-state index in [1.807, 2.05) is 4.90 Å². The fraction of sp³-hybridized carbons (Fsp3) is 0.353. The molecule has 1 saturated heterocycles. The molecule has 0 N–H and O–H groups in total. The Labute approximate surface area is 153 Å². The van der Waals surface area contributed by atoms with Crippen molar-refractivity contribution in [2.45, 2.75) is 4.90 Å². The lowest BCUT2D eigenvalue weighted by molar-refractivity contribution is -0.131. The quantitative estimate of drug-likeness (QED) is 0.754. The maximum atomic E-state index is 12.5. The van der Waals surface area contributed by atoms with Crippen LogP contribution >= 0.6 is 0 Å². The smallest absolute Gasteiger partial charge is 0.243 e. The number of carbonyl (C=O) groups excluding carboxylic acids is 1. The first-order valence-corrected chi connectivity index (χ1v) is 9.73. The summed E-state index contributed by atoms with van der Waals surface area (Å²) in [4.78, 5) is 24.8. The number of aromatic nitrogens is 2. The van der Waals surface area contributed by atoms with Crippen molar-refractivity contribution in [3.63, 3.8) is 0 Å². The van der Waals surface area contributed by atoms with Crippen molar-refractivity contribution >= 4 is 21.9 Å². The van der Waals surface area contributed by atoms with E-state index in [2.05, 4.69) is 9.97 Å². The fourth-order valence-electron chi connectivity index (χ4n) is 2.76. The van der Waals surface area contributed by atoms with Gasteiger partial charge < -0.3 is 9.80 Å². The number of amides is 1. The highest BCUT2D eigenvalue weighted by Gasteiger charge is 2.27. The van der Waals surface area contributed by atoms with Gasteiger partial charge in [0.15, 0.2) is 0 Å². The zero-order chi connectivity index (χ0) is 18.6. The Bertz CT molecular complexity index is 837. The number of rotatable bonds is 5. The predicted molar refractivity (Wildman–Crippen MR) is 97.1 cm³/mol. The van der Waals surface area contributed by atoms with Crippen molar-refractivity contribution in [2.75, 3.05) is 44.7 Å². The summed E-state index contributed by atoms with van der Waals surface area (Å²) in [6.45, 7) is 2.07. The van der Waals surface area contributed by atoms with Gasteiger partial charge >= 0.3 is 0 Å². The molecule has 2 aromatic rings. The van der Waals surface area contributed by atoms with E-state index in [-0.39, 0.29) is 17.3 Å². The molecule has 0 aliphatic carbocycles. The molecule has 0 spiro atoms. The van der Waals surface area contributed by atoms with Crippen LogP contribution in [0.1, 0.15) is 0 Å². The number of carbonyl (C=O) groups is 1. The average molecular weight is 375 g/mol. The molecular weight excluding hydrogens is 354 g/mol. The Morgan fingerprint density at radius 3 is 2.27 bits per heavy atom. The Kier molecular flexibility index (Phi) is 5.48. The van der Waals surface area contributed by atoms with Crippen molar-refractivity contribution in [3.05, 3.63) is 48.8 Å². The molecule has 0 bridgehead atoms. The number of piperazine rings is 1. The second-order valence-corrected chi connectivity index (χ2v) is 8.04. The molecule has 0 saturated carbocycles. The van der Waals surface area contributed by atoms with Gasteiger partial charge in [-0.15, -0.1) is 0 Å². The zero-order valence-corrected chi connectivity index (χ0v) is 15.3. The highest BCUT2D eigenvalue weighted by molar-refractivity contribution is 7.89. The second-order valence-electron chi connectivity index (χ2n) is 5.99. The first kappa shape index (κ1) is 18.3. The lowest BCUT2D eigenvalue weighted by Gasteiger charge is -2.35. The molecule has 0 unspecified atom stereocenters. The Hall–Kier alpha value is -2.52. The van der Waals surface area contributed by atoms with E-state index in [4.69, 9.17) is 0 Å². The van der Waals surface area contributed by atoms with Crippen molar-refractivity contribution in [2.24, 2.45) is 0 Å². The lowest BCUT2D eigenvalue weighted by Crippen LogP contribution is -2.51. The van der Waals surface area contributed by atoms with Gasteiger partial charge in [-0.2, -0.15) is 4.31 Å². The van der Waals surface area contributed by atoms with Crippen LogP contribution in [0.15, 0.2) is 53.7 Å². The number of sulfonamides is 1. The van der Waals surface area contributed by atoms with E-state index in [1.165, 1.54) is 19.2 Å². The molecule has 138 valence electrons. The molecule has 0 atom stereocenters. The van der Waals surface area contributed by atoms with E-state index >= 15 is 0 Å². The SMILES string of the molecule is CN(CC(=O)N1CCN(c2ncccn2)CC1)S(=O)(=O)c1ccccc1. The van der Waals surface area contributed by atoms with E-state index in [9.17, 15) is 13.2 Å². The van der Waals surface area contributed by atoms with Crippen LogP contribution in [0.25, 0.3) is 0 Å². The maximum Gasteiger partial charge on any atom is 0.243 e. The molecule has 1 aliphatic heterocycles. The van der Waals surface area contributed by atoms with E-state index in [0.29, 0.717) is 32.1 Å². The fourth-order valence-corrected chi connectivity index (χ4v) is 3.90. The second kappa shape index (κ2) is 7.79. The number of hydrogen-bond acceptors (Lipinski definition) is 6. The molecule has 0 radical (unpaired) electrons. The minimum Gasteiger partial charge on any atom is -0.338 e. The van der Waals surface area contributed by atoms with Crippen LogP contribution < -0.4 is 4.90 Å². The third-order valence-electron chi connectivity index (χ3n) is 4.28. The van der Waals surface area contributed by atoms with Crippen LogP contribution in [-0.4, -0.2) is 73.3 Å². The van der Waals surface area contributed by atoms with E-state index < -0.39 is 10.0 Å². The molecule has 2 heterocycles. The number of anilines is 1. The number of benzene rings is 1. The molecule has 3 rings (SSSR count). The molecule has 9 heteroatoms. The minimum atomic E-state index is -3.67. The van der Waals surface area contributed by atoms with Gasteiger partial charge in [-0.1, -0.05) is 18.2 Å². The molecule has 1 fully saturated rings. The van der Waals surface area contributed by atoms with Gasteiger partial charge in [-0.25, -0.2) is 18.4 Å². The monoisotopic (exact) mass is 375 g/mol. The molecule has 8 nitrogen and oxygen atoms in total. The van der Waals surface area contributed by atoms with Crippen LogP contribution in [0.3, 0.4) is 0 Å². The van der Waals surface area contributed by atoms with Crippen LogP contribution in [0, 0.1) is 0 Å². The van der Waals surface area contributed by atoms with Gasteiger partial charge in [0.2, 0.25) is 21.9 Å². The predicted octanol–water partition coefficient (Wildman–Crippen LogP) is 0.446. The van der Waals surface area contributed by atoms with Gasteiger partial charge in [0.25, 0.3) is 0 Å². The number of hydrogen-bond donors (Lipinski definition) is 0. The molecule has 1 aromatic heterocycles. The van der Waals surface area contributed by atoms with Gasteiger partial charge in [-0.3, -0.25) is 4.79 Å². The summed E-state index contributed by atoms with van der Waals surface area (Å²) in [5.74, 6) is 0.434. The van der Waals surface area contributed by atoms with Crippen molar-refractivity contribution in [1.29, 1.82) is 0 Å². The van der Waals surface area contributed by atoms with Crippen LogP contribution in [0.2, 0.25) is 0 Å². The summed E-state index contributed by atoms with van der Waals surface area (Å²) >= 11 is 0. The molecule has 26 heavy (non-hydrogen) atoms. The topological polar surface area (TPSA) is 86.7 Å². The number of likely N-dealkylation sites (N-methyl/N-ethyl adjacent to an activating group) is 1. The minimum absolute atomic E-state index is 0.181. The van der Waals surface area contributed by atoms with Crippen LogP contribution in [-0.2, 0) is 14.8 Å². The summed E-state index contributed by atoms with van der Waals surface area (Å²) in [5.41, 5.74) is 0. The standard InChI is InChI=1S/C17H21N5O3S/c1-20(26(24,25)15-6-3-2-4-7-15)14-16(23)21-10-12-22(13-11-21)17-18-8-5-9-19-17/h2-9H,10-14H2,1H3. The maximum absolute atomic E-state index is 12.5. The largest absolute Gasteiger partial charge is 0.338 e. The van der Waals surface area contributed by atoms with E-state index in [0.717, 1.165) is 4.31 Å².